The molecule has 1 N–H and O–H groups in total. The van der Waals surface area contributed by atoms with Gasteiger partial charge in [0.15, 0.2) is 0 Å². The minimum Gasteiger partial charge on any atom is -0.322 e. The van der Waals surface area contributed by atoms with Gasteiger partial charge in [0.2, 0.25) is 0 Å². The summed E-state index contributed by atoms with van der Waals surface area (Å²) in [5.74, 6) is 0.224. The monoisotopic (exact) mass is 348 g/mol. The minimum atomic E-state index is -2.43. The van der Waals surface area contributed by atoms with E-state index in [4.69, 9.17) is 0 Å². The molecule has 1 unspecified atom stereocenters. The molecule has 6 nitrogen and oxygen atoms in total. The summed E-state index contributed by atoms with van der Waals surface area (Å²) in [5, 5.41) is 7.13. The van der Waals surface area contributed by atoms with Crippen LogP contribution in [0.2, 0.25) is 0 Å². The minimum absolute atomic E-state index is 0.226. The van der Waals surface area contributed by atoms with Crippen LogP contribution < -0.4 is 5.32 Å². The Kier molecular flexibility index (Phi) is 5.43. The number of carbonyl (C=O) groups excluding carboxylic acids is 1. The zero-order chi connectivity index (χ0) is 17.9. The topological polar surface area (TPSA) is 76.3 Å². The van der Waals surface area contributed by atoms with E-state index in [2.05, 4.69) is 28.6 Å². The lowest BCUT2D eigenvalue weighted by Gasteiger charge is -2.09. The maximum Gasteiger partial charge on any atom is 0.259 e. The average Bonchev–Trinajstić information content (AvgIpc) is 2.88. The van der Waals surface area contributed by atoms with E-state index >= 15 is 0 Å². The van der Waals surface area contributed by atoms with Gasteiger partial charge >= 0.3 is 0 Å². The van der Waals surface area contributed by atoms with E-state index in [1.54, 1.807) is 36.7 Å². The predicted octanol–water partition coefficient (Wildman–Crippen LogP) is 3.19. The largest absolute Gasteiger partial charge is 0.322 e. The lowest BCUT2D eigenvalue weighted by Crippen LogP contribution is -2.14. The van der Waals surface area contributed by atoms with Crippen LogP contribution in [0, 0.1) is 12.8 Å². The van der Waals surface area contributed by atoms with Crippen LogP contribution in [0.25, 0.3) is 0 Å². The van der Waals surface area contributed by atoms with Gasteiger partial charge < -0.3 is 5.32 Å². The van der Waals surface area contributed by atoms with Gasteiger partial charge in [0.1, 0.15) is 0 Å². The summed E-state index contributed by atoms with van der Waals surface area (Å²) in [7, 11) is -0.904. The van der Waals surface area contributed by atoms with Crippen LogP contribution in [0.3, 0.4) is 0 Å². The van der Waals surface area contributed by atoms with Gasteiger partial charge in [0.25, 0.3) is 5.91 Å². The molecule has 24 heavy (non-hydrogen) atoms. The van der Waals surface area contributed by atoms with Gasteiger partial charge in [-0.05, 0) is 31.0 Å². The summed E-state index contributed by atoms with van der Waals surface area (Å²) in [4.78, 5) is 13.1. The maximum atomic E-state index is 12.5. The fraction of sp³-hybridized carbons (Fsp3) is 0.412. The SMILES string of the molecule is CN=S(C)(=O)c1cccc(NC(=O)c2cnn(CC(C)C)c2C)c1. The Labute approximate surface area is 143 Å². The van der Waals surface area contributed by atoms with E-state index in [0.29, 0.717) is 22.1 Å². The second kappa shape index (κ2) is 7.17. The van der Waals surface area contributed by atoms with Crippen LogP contribution in [-0.4, -0.2) is 33.2 Å². The molecule has 0 bridgehead atoms. The summed E-state index contributed by atoms with van der Waals surface area (Å²) >= 11 is 0. The van der Waals surface area contributed by atoms with Crippen molar-refractivity contribution in [3.63, 3.8) is 0 Å². The molecule has 0 fully saturated rings. The Bertz CT molecular complexity index is 861. The van der Waals surface area contributed by atoms with Crippen LogP contribution in [0.4, 0.5) is 5.69 Å². The van der Waals surface area contributed by atoms with Crippen LogP contribution in [-0.2, 0) is 16.3 Å². The Morgan fingerprint density at radius 3 is 2.75 bits per heavy atom. The number of anilines is 1. The smallest absolute Gasteiger partial charge is 0.259 e. The summed E-state index contributed by atoms with van der Waals surface area (Å²) in [6.07, 6.45) is 3.16. The number of nitrogens with zero attached hydrogens (tertiary/aromatic N) is 3. The van der Waals surface area contributed by atoms with E-state index in [-0.39, 0.29) is 5.91 Å². The molecule has 0 radical (unpaired) electrons. The van der Waals surface area contributed by atoms with Crippen molar-refractivity contribution in [1.82, 2.24) is 9.78 Å². The number of nitrogens with one attached hydrogen (secondary N) is 1. The third-order valence-electron chi connectivity index (χ3n) is 3.76. The Morgan fingerprint density at radius 2 is 2.12 bits per heavy atom. The van der Waals surface area contributed by atoms with Gasteiger partial charge in [-0.2, -0.15) is 5.10 Å². The van der Waals surface area contributed by atoms with Gasteiger partial charge in [-0.15, -0.1) is 0 Å². The van der Waals surface area contributed by atoms with E-state index in [0.717, 1.165) is 12.2 Å². The van der Waals surface area contributed by atoms with E-state index in [9.17, 15) is 9.00 Å². The molecule has 1 atom stereocenters. The number of amides is 1. The predicted molar refractivity (Wildman–Crippen MR) is 96.9 cm³/mol. The molecule has 0 aliphatic heterocycles. The zero-order valence-corrected chi connectivity index (χ0v) is 15.6. The summed E-state index contributed by atoms with van der Waals surface area (Å²) in [6.45, 7) is 6.86. The molecule has 1 amide bonds. The van der Waals surface area contributed by atoms with Crippen molar-refractivity contribution in [2.24, 2.45) is 10.3 Å². The molecule has 0 saturated carbocycles. The highest BCUT2D eigenvalue weighted by atomic mass is 32.2. The van der Waals surface area contributed by atoms with Crippen LogP contribution >= 0.6 is 0 Å². The third-order valence-corrected chi connectivity index (χ3v) is 5.59. The van der Waals surface area contributed by atoms with Gasteiger partial charge in [-0.25, -0.2) is 8.57 Å². The first-order chi connectivity index (χ1) is 11.2. The highest BCUT2D eigenvalue weighted by Crippen LogP contribution is 2.18. The molecule has 1 aromatic carbocycles. The second-order valence-corrected chi connectivity index (χ2v) is 8.63. The zero-order valence-electron chi connectivity index (χ0n) is 14.7. The Morgan fingerprint density at radius 1 is 1.42 bits per heavy atom. The van der Waals surface area contributed by atoms with E-state index < -0.39 is 9.73 Å². The quantitative estimate of drug-likeness (QED) is 0.901. The molecule has 1 heterocycles. The lowest BCUT2D eigenvalue weighted by atomic mass is 10.2. The van der Waals surface area contributed by atoms with E-state index in [1.807, 2.05) is 11.6 Å². The van der Waals surface area contributed by atoms with Gasteiger partial charge in [0, 0.05) is 36.1 Å². The molecule has 0 aliphatic rings. The standard InChI is InChI=1S/C17H24N4O2S/c1-12(2)11-21-13(3)16(10-19-21)17(22)20-14-7-6-8-15(9-14)24(5,23)18-4/h6-10,12H,11H2,1-5H3,(H,20,22). The number of carbonyl (C=O) groups is 1. The fourth-order valence-corrected chi connectivity index (χ4v) is 3.20. The van der Waals surface area contributed by atoms with Gasteiger partial charge in [-0.1, -0.05) is 19.9 Å². The number of hydrogen-bond acceptors (Lipinski definition) is 4. The summed E-state index contributed by atoms with van der Waals surface area (Å²) < 4.78 is 18.1. The lowest BCUT2D eigenvalue weighted by molar-refractivity contribution is 0.102. The fourth-order valence-electron chi connectivity index (χ4n) is 2.31. The highest BCUT2D eigenvalue weighted by molar-refractivity contribution is 7.93. The van der Waals surface area contributed by atoms with Crippen LogP contribution in [0.15, 0.2) is 39.7 Å². The van der Waals surface area contributed by atoms with Crippen LogP contribution in [0.5, 0.6) is 0 Å². The molecule has 2 aromatic rings. The van der Waals surface area contributed by atoms with Gasteiger partial charge in [0.05, 0.1) is 21.5 Å². The number of benzene rings is 1. The van der Waals surface area contributed by atoms with Gasteiger partial charge in [-0.3, -0.25) is 9.48 Å². The van der Waals surface area contributed by atoms with Crippen molar-refractivity contribution < 1.29 is 9.00 Å². The molecule has 2 rings (SSSR count). The van der Waals surface area contributed by atoms with Crippen molar-refractivity contribution in [2.75, 3.05) is 18.6 Å². The third kappa shape index (κ3) is 4.03. The number of rotatable bonds is 5. The highest BCUT2D eigenvalue weighted by Gasteiger charge is 2.15. The molecule has 0 aliphatic carbocycles. The number of hydrogen-bond donors (Lipinski definition) is 1. The molecule has 130 valence electrons. The Balaban J connectivity index is 2.24. The van der Waals surface area contributed by atoms with Crippen molar-refractivity contribution in [2.45, 2.75) is 32.2 Å². The first kappa shape index (κ1) is 18.2. The molecule has 0 spiro atoms. The molecule has 1 aromatic heterocycles. The Hall–Kier alpha value is -2.15. The van der Waals surface area contributed by atoms with Crippen molar-refractivity contribution >= 4 is 21.3 Å². The molecule has 7 heteroatoms. The second-order valence-electron chi connectivity index (χ2n) is 6.19. The average molecular weight is 348 g/mol. The van der Waals surface area contributed by atoms with E-state index in [1.165, 1.54) is 7.05 Å². The molecular formula is C17H24N4O2S. The first-order valence-corrected chi connectivity index (χ1v) is 9.71. The summed E-state index contributed by atoms with van der Waals surface area (Å²) in [5.41, 5.74) is 1.96. The maximum absolute atomic E-state index is 12.5. The number of aromatic nitrogens is 2. The van der Waals surface area contributed by atoms with Crippen LogP contribution in [0.1, 0.15) is 29.9 Å². The molecular weight excluding hydrogens is 324 g/mol. The van der Waals surface area contributed by atoms with Crippen molar-refractivity contribution in [3.05, 3.63) is 41.7 Å². The molecule has 0 saturated heterocycles. The normalized spacial score (nSPS) is 13.6. The first-order valence-electron chi connectivity index (χ1n) is 7.78. The van der Waals surface area contributed by atoms with Crippen molar-refractivity contribution in [1.29, 1.82) is 0 Å². The summed E-state index contributed by atoms with van der Waals surface area (Å²) in [6, 6.07) is 6.97. The van der Waals surface area contributed by atoms with Crippen molar-refractivity contribution in [3.8, 4) is 0 Å².